The van der Waals surface area contributed by atoms with Gasteiger partial charge in [-0.05, 0) is 47.4 Å². The lowest BCUT2D eigenvalue weighted by molar-refractivity contribution is 0.0954. The lowest BCUT2D eigenvalue weighted by Gasteiger charge is -2.08. The Morgan fingerprint density at radius 2 is 1.54 bits per heavy atom. The van der Waals surface area contributed by atoms with Crippen LogP contribution >= 0.6 is 0 Å². The molecule has 0 aliphatic rings. The standard InChI is InChI=1S/C21H19NO2/c23-20-11-9-16(10-12-20)13-14-22-21(24)19-8-4-7-18(15-19)17-5-2-1-3-6-17/h1-12,15,23H,13-14H2,(H,22,24). The summed E-state index contributed by atoms with van der Waals surface area (Å²) >= 11 is 0. The molecule has 0 saturated carbocycles. The molecule has 0 heterocycles. The van der Waals surface area contributed by atoms with Gasteiger partial charge in [-0.1, -0.05) is 54.6 Å². The van der Waals surface area contributed by atoms with Crippen LogP contribution in [-0.2, 0) is 6.42 Å². The zero-order valence-electron chi connectivity index (χ0n) is 13.3. The molecular formula is C21H19NO2. The summed E-state index contributed by atoms with van der Waals surface area (Å²) in [6.45, 7) is 0.555. The van der Waals surface area contributed by atoms with Gasteiger partial charge in [-0.15, -0.1) is 0 Å². The summed E-state index contributed by atoms with van der Waals surface area (Å²) in [6.07, 6.45) is 0.727. The number of amides is 1. The van der Waals surface area contributed by atoms with Crippen LogP contribution in [-0.4, -0.2) is 17.6 Å². The maximum atomic E-state index is 12.3. The van der Waals surface area contributed by atoms with Gasteiger partial charge in [-0.3, -0.25) is 4.79 Å². The molecule has 0 fully saturated rings. The van der Waals surface area contributed by atoms with E-state index in [1.807, 2.05) is 66.7 Å². The molecule has 0 unspecified atom stereocenters. The average molecular weight is 317 g/mol. The third-order valence-corrected chi connectivity index (χ3v) is 3.87. The highest BCUT2D eigenvalue weighted by atomic mass is 16.3. The van der Waals surface area contributed by atoms with Crippen molar-refractivity contribution in [2.75, 3.05) is 6.54 Å². The minimum absolute atomic E-state index is 0.0773. The number of benzene rings is 3. The van der Waals surface area contributed by atoms with E-state index in [4.69, 9.17) is 0 Å². The highest BCUT2D eigenvalue weighted by molar-refractivity contribution is 5.95. The van der Waals surface area contributed by atoms with Crippen molar-refractivity contribution >= 4 is 5.91 Å². The summed E-state index contributed by atoms with van der Waals surface area (Å²) in [5.74, 6) is 0.173. The first-order valence-corrected chi connectivity index (χ1v) is 7.94. The van der Waals surface area contributed by atoms with Gasteiger partial charge in [0.1, 0.15) is 5.75 Å². The van der Waals surface area contributed by atoms with Gasteiger partial charge in [0.2, 0.25) is 0 Å². The fraction of sp³-hybridized carbons (Fsp3) is 0.0952. The van der Waals surface area contributed by atoms with Gasteiger partial charge in [0, 0.05) is 12.1 Å². The van der Waals surface area contributed by atoms with E-state index in [1.54, 1.807) is 12.1 Å². The number of carbonyl (C=O) groups is 1. The van der Waals surface area contributed by atoms with Gasteiger partial charge in [0.05, 0.1) is 0 Å². The Kier molecular flexibility index (Phi) is 4.92. The van der Waals surface area contributed by atoms with Gasteiger partial charge in [-0.2, -0.15) is 0 Å². The van der Waals surface area contributed by atoms with E-state index in [0.29, 0.717) is 12.1 Å². The fourth-order valence-corrected chi connectivity index (χ4v) is 2.56. The van der Waals surface area contributed by atoms with Crippen LogP contribution < -0.4 is 5.32 Å². The number of hydrogen-bond donors (Lipinski definition) is 2. The molecule has 1 amide bonds. The predicted octanol–water partition coefficient (Wildman–Crippen LogP) is 4.03. The molecule has 0 saturated heterocycles. The first kappa shape index (κ1) is 15.8. The van der Waals surface area contributed by atoms with Crippen LogP contribution in [0.5, 0.6) is 5.75 Å². The number of aromatic hydroxyl groups is 1. The Hall–Kier alpha value is -3.07. The molecule has 3 aromatic carbocycles. The van der Waals surface area contributed by atoms with Crippen LogP contribution in [0.4, 0.5) is 0 Å². The zero-order valence-corrected chi connectivity index (χ0v) is 13.3. The molecule has 3 heteroatoms. The average Bonchev–Trinajstić information content (AvgIpc) is 2.64. The minimum Gasteiger partial charge on any atom is -0.508 e. The lowest BCUT2D eigenvalue weighted by Crippen LogP contribution is -2.25. The normalized spacial score (nSPS) is 10.3. The molecule has 0 aromatic heterocycles. The highest BCUT2D eigenvalue weighted by Gasteiger charge is 2.06. The van der Waals surface area contributed by atoms with Gasteiger partial charge < -0.3 is 10.4 Å². The molecule has 0 atom stereocenters. The number of carbonyl (C=O) groups excluding carboxylic acids is 1. The first-order valence-electron chi connectivity index (χ1n) is 7.94. The van der Waals surface area contributed by atoms with Crippen molar-refractivity contribution in [1.29, 1.82) is 0 Å². The van der Waals surface area contributed by atoms with Crippen LogP contribution in [0.15, 0.2) is 78.9 Å². The number of nitrogens with one attached hydrogen (secondary N) is 1. The zero-order chi connectivity index (χ0) is 16.8. The van der Waals surface area contributed by atoms with Crippen LogP contribution in [0.2, 0.25) is 0 Å². The van der Waals surface area contributed by atoms with E-state index in [9.17, 15) is 9.90 Å². The van der Waals surface area contributed by atoms with Crippen molar-refractivity contribution in [3.8, 4) is 16.9 Å². The molecule has 3 rings (SSSR count). The molecule has 2 N–H and O–H groups in total. The highest BCUT2D eigenvalue weighted by Crippen LogP contribution is 2.20. The van der Waals surface area contributed by atoms with E-state index in [2.05, 4.69) is 5.32 Å². The second-order valence-corrected chi connectivity index (χ2v) is 5.62. The SMILES string of the molecule is O=C(NCCc1ccc(O)cc1)c1cccc(-c2ccccc2)c1. The van der Waals surface area contributed by atoms with Gasteiger partial charge in [0.25, 0.3) is 5.91 Å². The fourth-order valence-electron chi connectivity index (χ4n) is 2.56. The topological polar surface area (TPSA) is 49.3 Å². The van der Waals surface area contributed by atoms with Crippen molar-refractivity contribution < 1.29 is 9.90 Å². The lowest BCUT2D eigenvalue weighted by atomic mass is 10.0. The summed E-state index contributed by atoms with van der Waals surface area (Å²) in [7, 11) is 0. The molecule has 3 nitrogen and oxygen atoms in total. The summed E-state index contributed by atoms with van der Waals surface area (Å²) in [5.41, 5.74) is 3.85. The van der Waals surface area contributed by atoms with E-state index < -0.39 is 0 Å². The molecule has 0 spiro atoms. The first-order chi connectivity index (χ1) is 11.7. The molecule has 0 aliphatic heterocycles. The summed E-state index contributed by atoms with van der Waals surface area (Å²) in [6, 6.07) is 24.7. The van der Waals surface area contributed by atoms with Gasteiger partial charge in [0.15, 0.2) is 0 Å². The maximum absolute atomic E-state index is 12.3. The van der Waals surface area contributed by atoms with E-state index in [0.717, 1.165) is 23.1 Å². The van der Waals surface area contributed by atoms with Crippen molar-refractivity contribution in [2.24, 2.45) is 0 Å². The molecule has 120 valence electrons. The molecule has 0 bridgehead atoms. The molecule has 3 aromatic rings. The van der Waals surface area contributed by atoms with Crippen LogP contribution in [0.25, 0.3) is 11.1 Å². The quantitative estimate of drug-likeness (QED) is 0.746. The van der Waals surface area contributed by atoms with Crippen LogP contribution in [0, 0.1) is 0 Å². The largest absolute Gasteiger partial charge is 0.508 e. The van der Waals surface area contributed by atoms with E-state index in [-0.39, 0.29) is 11.7 Å². The Morgan fingerprint density at radius 1 is 0.833 bits per heavy atom. The minimum atomic E-state index is -0.0773. The molecule has 24 heavy (non-hydrogen) atoms. The number of phenolic OH excluding ortho intramolecular Hbond substituents is 1. The third kappa shape index (κ3) is 4.02. The molecular weight excluding hydrogens is 298 g/mol. The second-order valence-electron chi connectivity index (χ2n) is 5.62. The number of hydrogen-bond acceptors (Lipinski definition) is 2. The van der Waals surface area contributed by atoms with Crippen LogP contribution in [0.3, 0.4) is 0 Å². The van der Waals surface area contributed by atoms with Crippen molar-refractivity contribution in [1.82, 2.24) is 5.32 Å². The maximum Gasteiger partial charge on any atom is 0.251 e. The number of phenols is 1. The monoisotopic (exact) mass is 317 g/mol. The summed E-state index contributed by atoms with van der Waals surface area (Å²) in [5, 5.41) is 12.2. The van der Waals surface area contributed by atoms with Crippen molar-refractivity contribution in [3.63, 3.8) is 0 Å². The van der Waals surface area contributed by atoms with E-state index in [1.165, 1.54) is 0 Å². The Morgan fingerprint density at radius 3 is 2.29 bits per heavy atom. The van der Waals surface area contributed by atoms with Crippen molar-refractivity contribution in [3.05, 3.63) is 90.0 Å². The second kappa shape index (κ2) is 7.47. The summed E-state index contributed by atoms with van der Waals surface area (Å²) in [4.78, 5) is 12.3. The van der Waals surface area contributed by atoms with Crippen molar-refractivity contribution in [2.45, 2.75) is 6.42 Å². The molecule has 0 radical (unpaired) electrons. The van der Waals surface area contributed by atoms with E-state index >= 15 is 0 Å². The number of rotatable bonds is 5. The predicted molar refractivity (Wildman–Crippen MR) is 96.0 cm³/mol. The summed E-state index contributed by atoms with van der Waals surface area (Å²) < 4.78 is 0. The Bertz CT molecular complexity index is 811. The molecule has 0 aliphatic carbocycles. The van der Waals surface area contributed by atoms with Crippen LogP contribution in [0.1, 0.15) is 15.9 Å². The van der Waals surface area contributed by atoms with Gasteiger partial charge >= 0.3 is 0 Å². The Labute approximate surface area is 141 Å². The smallest absolute Gasteiger partial charge is 0.251 e. The Balaban J connectivity index is 1.62. The third-order valence-electron chi connectivity index (χ3n) is 3.87. The van der Waals surface area contributed by atoms with Gasteiger partial charge in [-0.25, -0.2) is 0 Å².